The summed E-state index contributed by atoms with van der Waals surface area (Å²) in [6.07, 6.45) is 21.7. The highest BCUT2D eigenvalue weighted by atomic mass is 32.2. The lowest BCUT2D eigenvalue weighted by Crippen LogP contribution is -2.10. The molecule has 2 rings (SSSR count). The van der Waals surface area contributed by atoms with Gasteiger partial charge in [-0.25, -0.2) is 4.68 Å². The first-order valence-corrected chi connectivity index (χ1v) is 14.8. The van der Waals surface area contributed by atoms with Gasteiger partial charge in [0.1, 0.15) is 5.56 Å². The Morgan fingerprint density at radius 2 is 1.29 bits per heavy atom. The van der Waals surface area contributed by atoms with E-state index in [1.807, 2.05) is 30.3 Å². The largest absolute Gasteiger partial charge is 0.493 e. The summed E-state index contributed by atoms with van der Waals surface area (Å²) in [4.78, 5) is 12.3. The number of para-hydroxylation sites is 1. The molecular formula is C28H44N2O2S2. The number of thiocarbonyl (C=S) groups is 1. The van der Waals surface area contributed by atoms with Gasteiger partial charge in [-0.05, 0) is 24.3 Å². The van der Waals surface area contributed by atoms with Crippen molar-refractivity contribution < 1.29 is 5.11 Å². The number of nitrogens with zero attached hydrogens (tertiary/aromatic N) is 1. The highest BCUT2D eigenvalue weighted by molar-refractivity contribution is 8.23. The van der Waals surface area contributed by atoms with Gasteiger partial charge in [-0.1, -0.05) is 134 Å². The first-order valence-electron chi connectivity index (χ1n) is 13.4. The molecule has 0 radical (unpaired) electrons. The Hall–Kier alpha value is -1.53. The normalized spacial score (nSPS) is 11.2. The van der Waals surface area contributed by atoms with Gasteiger partial charge in [0, 0.05) is 0 Å². The van der Waals surface area contributed by atoms with Crippen LogP contribution >= 0.6 is 24.0 Å². The van der Waals surface area contributed by atoms with Crippen LogP contribution in [0.15, 0.2) is 35.1 Å². The minimum atomic E-state index is -0.342. The fourth-order valence-corrected chi connectivity index (χ4v) is 5.55. The van der Waals surface area contributed by atoms with Gasteiger partial charge >= 0.3 is 0 Å². The van der Waals surface area contributed by atoms with E-state index in [4.69, 9.17) is 12.2 Å². The van der Waals surface area contributed by atoms with E-state index in [1.54, 1.807) is 0 Å². The lowest BCUT2D eigenvalue weighted by molar-refractivity contribution is 0.433. The van der Waals surface area contributed by atoms with Gasteiger partial charge in [-0.15, -0.1) is 11.8 Å². The Morgan fingerprint density at radius 3 is 1.79 bits per heavy atom. The van der Waals surface area contributed by atoms with Gasteiger partial charge < -0.3 is 5.11 Å². The Balaban J connectivity index is 1.47. The Morgan fingerprint density at radius 1 is 0.824 bits per heavy atom. The molecule has 2 N–H and O–H groups in total. The zero-order chi connectivity index (χ0) is 24.4. The van der Waals surface area contributed by atoms with Crippen LogP contribution in [-0.4, -0.2) is 24.8 Å². The smallest absolute Gasteiger partial charge is 0.277 e. The third kappa shape index (κ3) is 10.8. The molecule has 1 aromatic heterocycles. The summed E-state index contributed by atoms with van der Waals surface area (Å²) < 4.78 is 1.86. The molecule has 6 heteroatoms. The maximum Gasteiger partial charge on any atom is 0.277 e. The van der Waals surface area contributed by atoms with Gasteiger partial charge in [0.05, 0.1) is 9.88 Å². The molecule has 0 amide bonds. The molecule has 0 aliphatic carbocycles. The van der Waals surface area contributed by atoms with Crippen LogP contribution in [0.25, 0.3) is 5.69 Å². The summed E-state index contributed by atoms with van der Waals surface area (Å²) >= 11 is 6.93. The number of H-pyrrole nitrogens is 1. The zero-order valence-electron chi connectivity index (χ0n) is 21.0. The van der Waals surface area contributed by atoms with Crippen molar-refractivity contribution in [2.75, 3.05) is 5.75 Å². The SMILES string of the molecule is CCCCCCCCCCCCCCCCCCSC(=S)c1c(O)n(-c2ccccc2)[nH]c1=O. The number of benzene rings is 1. The summed E-state index contributed by atoms with van der Waals surface area (Å²) in [6, 6.07) is 9.26. The van der Waals surface area contributed by atoms with Crippen LogP contribution in [0.5, 0.6) is 5.88 Å². The second-order valence-electron chi connectivity index (χ2n) is 9.25. The van der Waals surface area contributed by atoms with Crippen LogP contribution in [0, 0.1) is 0 Å². The van der Waals surface area contributed by atoms with E-state index < -0.39 is 0 Å². The molecule has 1 heterocycles. The van der Waals surface area contributed by atoms with Crippen LogP contribution in [0.3, 0.4) is 0 Å². The molecular weight excluding hydrogens is 460 g/mol. The van der Waals surface area contributed by atoms with E-state index in [1.165, 1.54) is 113 Å². The van der Waals surface area contributed by atoms with Crippen molar-refractivity contribution in [3.63, 3.8) is 0 Å². The van der Waals surface area contributed by atoms with Crippen LogP contribution in [0.2, 0.25) is 0 Å². The Labute approximate surface area is 215 Å². The van der Waals surface area contributed by atoms with Gasteiger partial charge in [-0.3, -0.25) is 9.89 Å². The molecule has 0 spiro atoms. The molecule has 0 aliphatic rings. The molecule has 0 saturated heterocycles. The summed E-state index contributed by atoms with van der Waals surface area (Å²) in [5, 5.41) is 13.2. The fourth-order valence-electron chi connectivity index (χ4n) is 4.26. The molecule has 0 saturated carbocycles. The molecule has 0 unspecified atom stereocenters. The third-order valence-electron chi connectivity index (χ3n) is 6.33. The average Bonchev–Trinajstić information content (AvgIpc) is 3.15. The summed E-state index contributed by atoms with van der Waals surface area (Å²) in [5.74, 6) is 0.771. The Kier molecular flexibility index (Phi) is 15.1. The van der Waals surface area contributed by atoms with E-state index >= 15 is 0 Å². The van der Waals surface area contributed by atoms with Gasteiger partial charge in [0.2, 0.25) is 5.88 Å². The number of unbranched alkanes of at least 4 members (excludes halogenated alkanes) is 15. The van der Waals surface area contributed by atoms with Crippen LogP contribution in [-0.2, 0) is 0 Å². The van der Waals surface area contributed by atoms with E-state index in [0.717, 1.165) is 12.2 Å². The summed E-state index contributed by atoms with van der Waals surface area (Å²) in [5.41, 5.74) is 0.570. The third-order valence-corrected chi connectivity index (χ3v) is 7.84. The molecule has 0 atom stereocenters. The molecule has 2 aromatic rings. The molecule has 1 aromatic carbocycles. The fraction of sp³-hybridized carbons (Fsp3) is 0.643. The maximum atomic E-state index is 12.3. The molecule has 4 nitrogen and oxygen atoms in total. The molecule has 0 bridgehead atoms. The predicted molar refractivity (Wildman–Crippen MR) is 152 cm³/mol. The molecule has 0 fully saturated rings. The van der Waals surface area contributed by atoms with Crippen molar-refractivity contribution in [2.45, 2.75) is 110 Å². The van der Waals surface area contributed by atoms with Crippen molar-refractivity contribution >= 4 is 28.2 Å². The van der Waals surface area contributed by atoms with E-state index in [9.17, 15) is 9.90 Å². The lowest BCUT2D eigenvalue weighted by Gasteiger charge is -2.05. The van der Waals surface area contributed by atoms with E-state index in [-0.39, 0.29) is 17.0 Å². The van der Waals surface area contributed by atoms with Crippen molar-refractivity contribution in [1.82, 2.24) is 9.78 Å². The van der Waals surface area contributed by atoms with E-state index in [2.05, 4.69) is 12.0 Å². The van der Waals surface area contributed by atoms with Crippen molar-refractivity contribution in [1.29, 1.82) is 0 Å². The topological polar surface area (TPSA) is 58.0 Å². The van der Waals surface area contributed by atoms with Crippen LogP contribution in [0.4, 0.5) is 0 Å². The van der Waals surface area contributed by atoms with E-state index in [0.29, 0.717) is 9.88 Å². The first kappa shape index (κ1) is 28.7. The average molecular weight is 505 g/mol. The number of aromatic nitrogens is 2. The number of aromatic hydroxyl groups is 1. The second-order valence-corrected chi connectivity index (χ2v) is 11.0. The minimum Gasteiger partial charge on any atom is -0.493 e. The standard InChI is InChI=1S/C28H44N2O2S2/c1-2-3-4-5-6-7-8-9-10-11-12-13-14-15-16-20-23-34-28(33)25-26(31)29-30(27(25)32)24-21-18-17-19-22-24/h17-19,21-22,32H,2-16,20,23H2,1H3,(H,29,31). The van der Waals surface area contributed by atoms with Crippen molar-refractivity contribution in [2.24, 2.45) is 0 Å². The summed E-state index contributed by atoms with van der Waals surface area (Å²) in [7, 11) is 0. The zero-order valence-corrected chi connectivity index (χ0v) is 22.7. The van der Waals surface area contributed by atoms with Crippen molar-refractivity contribution in [3.8, 4) is 11.6 Å². The van der Waals surface area contributed by atoms with Crippen molar-refractivity contribution in [3.05, 3.63) is 46.2 Å². The van der Waals surface area contributed by atoms with Gasteiger partial charge in [0.15, 0.2) is 0 Å². The van der Waals surface area contributed by atoms with Gasteiger partial charge in [0.25, 0.3) is 5.56 Å². The van der Waals surface area contributed by atoms with Crippen LogP contribution < -0.4 is 5.56 Å². The Bertz CT molecular complexity index is 861. The first-order chi connectivity index (χ1) is 16.6. The minimum absolute atomic E-state index is 0.110. The lowest BCUT2D eigenvalue weighted by atomic mass is 10.0. The molecule has 190 valence electrons. The predicted octanol–water partition coefficient (Wildman–Crippen LogP) is 8.54. The van der Waals surface area contributed by atoms with Crippen LogP contribution in [0.1, 0.15) is 115 Å². The second kappa shape index (κ2) is 17.8. The molecule has 34 heavy (non-hydrogen) atoms. The molecule has 0 aliphatic heterocycles. The highest BCUT2D eigenvalue weighted by Crippen LogP contribution is 2.24. The number of aromatic amines is 1. The number of hydrogen-bond donors (Lipinski definition) is 2. The highest BCUT2D eigenvalue weighted by Gasteiger charge is 2.19. The maximum absolute atomic E-state index is 12.3. The number of nitrogens with one attached hydrogen (secondary N) is 1. The quantitative estimate of drug-likeness (QED) is 0.149. The summed E-state index contributed by atoms with van der Waals surface area (Å²) in [6.45, 7) is 2.28. The number of thioether (sulfide) groups is 1. The monoisotopic (exact) mass is 504 g/mol. The number of rotatable bonds is 19. The number of hydrogen-bond acceptors (Lipinski definition) is 4. The van der Waals surface area contributed by atoms with Gasteiger partial charge in [-0.2, -0.15) is 0 Å².